The Hall–Kier alpha value is -0.910. The number of carboxylic acid groups (broad SMARTS) is 1. The quantitative estimate of drug-likeness (QED) is 0.677. The molecule has 0 aliphatic carbocycles. The Morgan fingerprint density at radius 2 is 2.05 bits per heavy atom. The van der Waals surface area contributed by atoms with Crippen LogP contribution in [0.5, 0.6) is 0 Å². The average Bonchev–Trinajstić information content (AvgIpc) is 2.44. The van der Waals surface area contributed by atoms with Crippen molar-refractivity contribution in [1.29, 1.82) is 0 Å². The number of aromatic carboxylic acids is 1. The molecular weight excluding hydrogens is 320 g/mol. The number of hydrogen-bond donors (Lipinski definition) is 2. The maximum absolute atomic E-state index is 10.8. The molecule has 0 amide bonds. The van der Waals surface area contributed by atoms with E-state index in [0.29, 0.717) is 5.56 Å². The Bertz CT molecular complexity index is 434. The van der Waals surface area contributed by atoms with Crippen molar-refractivity contribution in [2.24, 2.45) is 0 Å². The van der Waals surface area contributed by atoms with Crippen molar-refractivity contribution in [3.8, 4) is 0 Å². The highest BCUT2D eigenvalue weighted by Gasteiger charge is 2.06. The summed E-state index contributed by atoms with van der Waals surface area (Å²) in [6.07, 6.45) is 1.12. The number of halogens is 1. The van der Waals surface area contributed by atoms with Gasteiger partial charge in [-0.2, -0.15) is 0 Å². The van der Waals surface area contributed by atoms with E-state index in [0.717, 1.165) is 49.2 Å². The van der Waals surface area contributed by atoms with E-state index in [1.807, 2.05) is 6.07 Å². The minimum atomic E-state index is -0.899. The lowest BCUT2D eigenvalue weighted by atomic mass is 10.1. The van der Waals surface area contributed by atoms with E-state index in [2.05, 4.69) is 40.0 Å². The molecule has 0 atom stereocenters. The molecule has 0 aliphatic rings. The largest absolute Gasteiger partial charge is 0.478 e. The molecule has 0 bridgehead atoms. The van der Waals surface area contributed by atoms with Crippen molar-refractivity contribution in [3.05, 3.63) is 33.8 Å². The van der Waals surface area contributed by atoms with Gasteiger partial charge in [0.1, 0.15) is 0 Å². The summed E-state index contributed by atoms with van der Waals surface area (Å²) < 4.78 is 0.841. The van der Waals surface area contributed by atoms with Gasteiger partial charge in [0, 0.05) is 11.0 Å². The van der Waals surface area contributed by atoms with Crippen LogP contribution in [0.1, 0.15) is 36.2 Å². The molecule has 0 saturated carbocycles. The van der Waals surface area contributed by atoms with Crippen molar-refractivity contribution in [1.82, 2.24) is 10.2 Å². The highest BCUT2D eigenvalue weighted by atomic mass is 79.9. The summed E-state index contributed by atoms with van der Waals surface area (Å²) in [4.78, 5) is 13.2. The Kier molecular flexibility index (Phi) is 7.80. The van der Waals surface area contributed by atoms with Gasteiger partial charge in [0.2, 0.25) is 0 Å². The first-order chi connectivity index (χ1) is 9.58. The summed E-state index contributed by atoms with van der Waals surface area (Å²) in [5, 5.41) is 12.3. The smallest absolute Gasteiger partial charge is 0.335 e. The molecule has 0 aliphatic heterocycles. The predicted octanol–water partition coefficient (Wildman–Crippen LogP) is 2.97. The molecule has 1 aromatic carbocycles. The fourth-order valence-electron chi connectivity index (χ4n) is 2.01. The molecule has 0 heterocycles. The first kappa shape index (κ1) is 17.1. The van der Waals surface area contributed by atoms with Crippen LogP contribution in [-0.2, 0) is 6.54 Å². The van der Waals surface area contributed by atoms with E-state index < -0.39 is 5.97 Å². The van der Waals surface area contributed by atoms with Crippen molar-refractivity contribution in [2.75, 3.05) is 26.2 Å². The second-order valence-corrected chi connectivity index (χ2v) is 5.52. The highest BCUT2D eigenvalue weighted by Crippen LogP contribution is 2.18. The van der Waals surface area contributed by atoms with E-state index in [9.17, 15) is 4.79 Å². The normalized spacial score (nSPS) is 11.0. The van der Waals surface area contributed by atoms with Gasteiger partial charge in [0.15, 0.2) is 0 Å². The molecule has 112 valence electrons. The van der Waals surface area contributed by atoms with Gasteiger partial charge in [0.05, 0.1) is 5.56 Å². The molecule has 1 rings (SSSR count). The molecule has 20 heavy (non-hydrogen) atoms. The molecule has 1 aromatic rings. The molecule has 5 heteroatoms. The molecule has 0 spiro atoms. The average molecular weight is 343 g/mol. The lowest BCUT2D eigenvalue weighted by Crippen LogP contribution is -2.27. The molecule has 0 unspecified atom stereocenters. The zero-order valence-corrected chi connectivity index (χ0v) is 13.7. The summed E-state index contributed by atoms with van der Waals surface area (Å²) in [7, 11) is 0. The fourth-order valence-corrected chi connectivity index (χ4v) is 2.53. The molecule has 0 aromatic heterocycles. The van der Waals surface area contributed by atoms with Crippen molar-refractivity contribution in [3.63, 3.8) is 0 Å². The number of carbonyl (C=O) groups is 1. The van der Waals surface area contributed by atoms with E-state index in [1.165, 1.54) is 0 Å². The van der Waals surface area contributed by atoms with Crippen LogP contribution in [0.25, 0.3) is 0 Å². The van der Waals surface area contributed by atoms with Crippen LogP contribution in [0.4, 0.5) is 0 Å². The van der Waals surface area contributed by atoms with Gasteiger partial charge in [-0.05, 0) is 50.3 Å². The second-order valence-electron chi connectivity index (χ2n) is 4.67. The Labute approximate surface area is 129 Å². The fraction of sp³-hybridized carbons (Fsp3) is 0.533. The molecule has 2 N–H and O–H groups in total. The minimum absolute atomic E-state index is 0.308. The monoisotopic (exact) mass is 342 g/mol. The van der Waals surface area contributed by atoms with E-state index in [1.54, 1.807) is 12.1 Å². The summed E-state index contributed by atoms with van der Waals surface area (Å²) in [6.45, 7) is 9.37. The van der Waals surface area contributed by atoms with Crippen LogP contribution in [0.15, 0.2) is 22.7 Å². The van der Waals surface area contributed by atoms with Gasteiger partial charge in [-0.25, -0.2) is 4.79 Å². The van der Waals surface area contributed by atoms with E-state index in [-0.39, 0.29) is 0 Å². The minimum Gasteiger partial charge on any atom is -0.478 e. The third-order valence-electron chi connectivity index (χ3n) is 3.34. The van der Waals surface area contributed by atoms with E-state index in [4.69, 9.17) is 5.11 Å². The lowest BCUT2D eigenvalue weighted by molar-refractivity contribution is 0.0697. The van der Waals surface area contributed by atoms with Crippen molar-refractivity contribution in [2.45, 2.75) is 26.8 Å². The topological polar surface area (TPSA) is 52.6 Å². The molecular formula is C15H23BrN2O2. The van der Waals surface area contributed by atoms with Crippen LogP contribution in [0, 0.1) is 0 Å². The van der Waals surface area contributed by atoms with Gasteiger partial charge in [-0.3, -0.25) is 0 Å². The van der Waals surface area contributed by atoms with Crippen LogP contribution in [0.3, 0.4) is 0 Å². The van der Waals surface area contributed by atoms with E-state index >= 15 is 0 Å². The Balaban J connectivity index is 2.34. The van der Waals surface area contributed by atoms with Crippen LogP contribution < -0.4 is 5.32 Å². The summed E-state index contributed by atoms with van der Waals surface area (Å²) in [6, 6.07) is 5.14. The van der Waals surface area contributed by atoms with Crippen LogP contribution in [-0.4, -0.2) is 42.2 Å². The first-order valence-corrected chi connectivity index (χ1v) is 7.82. The molecule has 0 fully saturated rings. The molecule has 0 saturated heterocycles. The van der Waals surface area contributed by atoms with Crippen LogP contribution in [0.2, 0.25) is 0 Å². The molecule has 4 nitrogen and oxygen atoms in total. The third-order valence-corrected chi connectivity index (χ3v) is 4.08. The van der Waals surface area contributed by atoms with Gasteiger partial charge in [-0.1, -0.05) is 35.8 Å². The Morgan fingerprint density at radius 3 is 2.60 bits per heavy atom. The first-order valence-electron chi connectivity index (χ1n) is 7.03. The number of nitrogens with one attached hydrogen (secondary N) is 1. The maximum Gasteiger partial charge on any atom is 0.335 e. The maximum atomic E-state index is 10.8. The number of nitrogens with zero attached hydrogens (tertiary/aromatic N) is 1. The molecule has 0 radical (unpaired) electrons. The standard InChI is InChI=1S/C15H23BrN2O2/c1-3-18(4-2)9-5-8-17-11-13-7-6-12(15(19)20)10-14(13)16/h6-7,10,17H,3-5,8-9,11H2,1-2H3,(H,19,20). The SMILES string of the molecule is CCN(CC)CCCNCc1ccc(C(=O)O)cc1Br. The summed E-state index contributed by atoms with van der Waals surface area (Å²) in [5.41, 5.74) is 1.39. The lowest BCUT2D eigenvalue weighted by Gasteiger charge is -2.17. The second kappa shape index (κ2) is 9.10. The van der Waals surface area contributed by atoms with Gasteiger partial charge in [0.25, 0.3) is 0 Å². The van der Waals surface area contributed by atoms with Crippen molar-refractivity contribution < 1.29 is 9.90 Å². The number of benzene rings is 1. The summed E-state index contributed by atoms with van der Waals surface area (Å²) >= 11 is 3.42. The highest BCUT2D eigenvalue weighted by molar-refractivity contribution is 9.10. The predicted molar refractivity (Wildman–Crippen MR) is 85.2 cm³/mol. The zero-order chi connectivity index (χ0) is 15.0. The third kappa shape index (κ3) is 5.61. The van der Waals surface area contributed by atoms with Gasteiger partial charge < -0.3 is 15.3 Å². The summed E-state index contributed by atoms with van der Waals surface area (Å²) in [5.74, 6) is -0.899. The van der Waals surface area contributed by atoms with Gasteiger partial charge in [-0.15, -0.1) is 0 Å². The number of carboxylic acids is 1. The van der Waals surface area contributed by atoms with Crippen LogP contribution >= 0.6 is 15.9 Å². The number of hydrogen-bond acceptors (Lipinski definition) is 3. The van der Waals surface area contributed by atoms with Gasteiger partial charge >= 0.3 is 5.97 Å². The Morgan fingerprint density at radius 1 is 1.35 bits per heavy atom. The van der Waals surface area contributed by atoms with Crippen molar-refractivity contribution >= 4 is 21.9 Å². The zero-order valence-electron chi connectivity index (χ0n) is 12.2. The number of rotatable bonds is 9.